The van der Waals surface area contributed by atoms with Crippen LogP contribution in [0.5, 0.6) is 5.75 Å². The van der Waals surface area contributed by atoms with Crippen molar-refractivity contribution in [3.63, 3.8) is 0 Å². The molecule has 22 heavy (non-hydrogen) atoms. The molecular formula is C17H15NO4. The number of hydrogen-bond donors (Lipinski definition) is 2. The summed E-state index contributed by atoms with van der Waals surface area (Å²) in [6, 6.07) is 16.0. The maximum atomic E-state index is 11.8. The number of nitrogens with one attached hydrogen (secondary N) is 1. The van der Waals surface area contributed by atoms with Gasteiger partial charge in [0.15, 0.2) is 6.61 Å². The van der Waals surface area contributed by atoms with E-state index in [9.17, 15) is 9.59 Å². The predicted molar refractivity (Wildman–Crippen MR) is 83.7 cm³/mol. The lowest BCUT2D eigenvalue weighted by Crippen LogP contribution is -2.10. The number of carbonyl (C=O) groups is 2. The molecule has 0 saturated carbocycles. The van der Waals surface area contributed by atoms with Crippen molar-refractivity contribution in [3.8, 4) is 5.75 Å². The number of carbonyl (C=O) groups excluding carboxylic acids is 1. The molecule has 0 aliphatic carbocycles. The minimum atomic E-state index is -1.06. The quantitative estimate of drug-likeness (QED) is 0.804. The number of rotatable bonds is 6. The van der Waals surface area contributed by atoms with E-state index in [0.29, 0.717) is 11.4 Å². The fourth-order valence-corrected chi connectivity index (χ4v) is 1.73. The molecule has 0 atom stereocenters. The Labute approximate surface area is 127 Å². The number of aliphatic carboxylic acids is 1. The zero-order chi connectivity index (χ0) is 15.8. The number of benzene rings is 2. The second-order valence-corrected chi connectivity index (χ2v) is 4.44. The summed E-state index contributed by atoms with van der Waals surface area (Å²) < 4.78 is 5.05. The number of ether oxygens (including phenoxy) is 1. The Morgan fingerprint density at radius 3 is 2.59 bits per heavy atom. The summed E-state index contributed by atoms with van der Waals surface area (Å²) in [7, 11) is 0. The Hall–Kier alpha value is -3.08. The molecule has 0 saturated heterocycles. The van der Waals surface area contributed by atoms with Gasteiger partial charge in [-0.25, -0.2) is 4.79 Å². The third-order valence-corrected chi connectivity index (χ3v) is 2.69. The molecule has 112 valence electrons. The van der Waals surface area contributed by atoms with Crippen LogP contribution in [0.25, 0.3) is 6.08 Å². The molecule has 0 aromatic heterocycles. The van der Waals surface area contributed by atoms with Crippen LogP contribution in [0.3, 0.4) is 0 Å². The number of anilines is 1. The van der Waals surface area contributed by atoms with Crippen LogP contribution in [-0.4, -0.2) is 23.6 Å². The molecule has 5 nitrogen and oxygen atoms in total. The Morgan fingerprint density at radius 1 is 1.09 bits per heavy atom. The van der Waals surface area contributed by atoms with Gasteiger partial charge in [-0.15, -0.1) is 0 Å². The summed E-state index contributed by atoms with van der Waals surface area (Å²) in [5, 5.41) is 11.3. The van der Waals surface area contributed by atoms with E-state index in [0.717, 1.165) is 5.56 Å². The van der Waals surface area contributed by atoms with Crippen molar-refractivity contribution in [1.82, 2.24) is 0 Å². The molecule has 2 aromatic rings. The maximum Gasteiger partial charge on any atom is 0.341 e. The van der Waals surface area contributed by atoms with Crippen LogP contribution >= 0.6 is 0 Å². The third-order valence-electron chi connectivity index (χ3n) is 2.69. The van der Waals surface area contributed by atoms with Crippen LogP contribution in [0, 0.1) is 0 Å². The smallest absolute Gasteiger partial charge is 0.341 e. The monoisotopic (exact) mass is 297 g/mol. The van der Waals surface area contributed by atoms with Crippen molar-refractivity contribution in [2.45, 2.75) is 0 Å². The zero-order valence-corrected chi connectivity index (χ0v) is 11.7. The van der Waals surface area contributed by atoms with Crippen LogP contribution in [0.2, 0.25) is 0 Å². The van der Waals surface area contributed by atoms with E-state index < -0.39 is 12.6 Å². The molecule has 5 heteroatoms. The van der Waals surface area contributed by atoms with E-state index >= 15 is 0 Å². The molecule has 0 heterocycles. The average Bonchev–Trinajstić information content (AvgIpc) is 2.52. The largest absolute Gasteiger partial charge is 0.482 e. The van der Waals surface area contributed by atoms with E-state index in [1.807, 2.05) is 30.3 Å². The topological polar surface area (TPSA) is 75.6 Å². The first-order chi connectivity index (χ1) is 10.6. The zero-order valence-electron chi connectivity index (χ0n) is 11.7. The van der Waals surface area contributed by atoms with E-state index in [1.54, 1.807) is 30.3 Å². The second kappa shape index (κ2) is 7.64. The van der Waals surface area contributed by atoms with Gasteiger partial charge in [-0.2, -0.15) is 0 Å². The molecule has 0 radical (unpaired) electrons. The predicted octanol–water partition coefficient (Wildman–Crippen LogP) is 2.80. The number of carboxylic acids is 1. The van der Waals surface area contributed by atoms with E-state index in [1.165, 1.54) is 6.08 Å². The van der Waals surface area contributed by atoms with Gasteiger partial charge in [0.05, 0.1) is 0 Å². The molecule has 0 aliphatic rings. The standard InChI is InChI=1S/C17H15NO4/c19-16(10-9-13-5-2-1-3-6-13)18-14-7-4-8-15(11-14)22-12-17(20)21/h1-11H,12H2,(H,18,19)(H,20,21)/b10-9+. The molecule has 2 rings (SSSR count). The first-order valence-corrected chi connectivity index (χ1v) is 6.62. The minimum absolute atomic E-state index is 0.278. The van der Waals surface area contributed by atoms with Gasteiger partial charge in [0, 0.05) is 17.8 Å². The van der Waals surface area contributed by atoms with Gasteiger partial charge in [0.1, 0.15) is 5.75 Å². The van der Waals surface area contributed by atoms with Crippen molar-refractivity contribution in [3.05, 3.63) is 66.2 Å². The third kappa shape index (κ3) is 5.13. The molecule has 1 amide bonds. The molecule has 0 aliphatic heterocycles. The molecule has 0 bridgehead atoms. The highest BCUT2D eigenvalue weighted by atomic mass is 16.5. The molecular weight excluding hydrogens is 282 g/mol. The van der Waals surface area contributed by atoms with Crippen molar-refractivity contribution in [1.29, 1.82) is 0 Å². The van der Waals surface area contributed by atoms with Crippen LogP contribution in [0.4, 0.5) is 5.69 Å². The van der Waals surface area contributed by atoms with Gasteiger partial charge in [-0.3, -0.25) is 4.79 Å². The lowest BCUT2D eigenvalue weighted by molar-refractivity contribution is -0.139. The summed E-state index contributed by atoms with van der Waals surface area (Å²) in [5.41, 5.74) is 1.46. The van der Waals surface area contributed by atoms with Crippen LogP contribution < -0.4 is 10.1 Å². The van der Waals surface area contributed by atoms with Gasteiger partial charge < -0.3 is 15.2 Å². The Bertz CT molecular complexity index is 680. The number of amides is 1. The highest BCUT2D eigenvalue weighted by molar-refractivity contribution is 6.02. The van der Waals surface area contributed by atoms with Gasteiger partial charge in [-0.1, -0.05) is 36.4 Å². The number of hydrogen-bond acceptors (Lipinski definition) is 3. The fourth-order valence-electron chi connectivity index (χ4n) is 1.73. The van der Waals surface area contributed by atoms with Crippen LogP contribution in [0.1, 0.15) is 5.56 Å². The highest BCUT2D eigenvalue weighted by Crippen LogP contribution is 2.17. The minimum Gasteiger partial charge on any atom is -0.482 e. The van der Waals surface area contributed by atoms with Gasteiger partial charge in [0.2, 0.25) is 5.91 Å². The van der Waals surface area contributed by atoms with Gasteiger partial charge in [0.25, 0.3) is 0 Å². The summed E-state index contributed by atoms with van der Waals surface area (Å²) >= 11 is 0. The highest BCUT2D eigenvalue weighted by Gasteiger charge is 2.02. The van der Waals surface area contributed by atoms with Gasteiger partial charge in [-0.05, 0) is 23.8 Å². The van der Waals surface area contributed by atoms with Crippen molar-refractivity contribution in [2.75, 3.05) is 11.9 Å². The van der Waals surface area contributed by atoms with E-state index in [2.05, 4.69) is 5.32 Å². The molecule has 2 aromatic carbocycles. The molecule has 0 unspecified atom stereocenters. The van der Waals surface area contributed by atoms with E-state index in [4.69, 9.17) is 9.84 Å². The molecule has 2 N–H and O–H groups in total. The SMILES string of the molecule is O=C(O)COc1cccc(NC(=O)/C=C/c2ccccc2)c1. The maximum absolute atomic E-state index is 11.8. The first kappa shape index (κ1) is 15.3. The second-order valence-electron chi connectivity index (χ2n) is 4.44. The summed E-state index contributed by atoms with van der Waals surface area (Å²) in [6.45, 7) is -0.425. The Morgan fingerprint density at radius 2 is 1.86 bits per heavy atom. The van der Waals surface area contributed by atoms with Crippen molar-refractivity contribution >= 4 is 23.6 Å². The number of carboxylic acid groups (broad SMARTS) is 1. The normalized spacial score (nSPS) is 10.4. The lowest BCUT2D eigenvalue weighted by atomic mass is 10.2. The Kier molecular flexibility index (Phi) is 5.31. The van der Waals surface area contributed by atoms with Crippen molar-refractivity contribution < 1.29 is 19.4 Å². The van der Waals surface area contributed by atoms with Crippen LogP contribution in [-0.2, 0) is 9.59 Å². The summed E-state index contributed by atoms with van der Waals surface area (Å²) in [5.74, 6) is -0.952. The molecule has 0 spiro atoms. The summed E-state index contributed by atoms with van der Waals surface area (Å²) in [6.07, 6.45) is 3.14. The Balaban J connectivity index is 1.95. The fraction of sp³-hybridized carbons (Fsp3) is 0.0588. The van der Waals surface area contributed by atoms with E-state index in [-0.39, 0.29) is 5.91 Å². The van der Waals surface area contributed by atoms with Crippen molar-refractivity contribution in [2.24, 2.45) is 0 Å². The lowest BCUT2D eigenvalue weighted by Gasteiger charge is -2.06. The molecule has 0 fully saturated rings. The first-order valence-electron chi connectivity index (χ1n) is 6.62. The summed E-state index contributed by atoms with van der Waals surface area (Å²) in [4.78, 5) is 22.3. The van der Waals surface area contributed by atoms with Gasteiger partial charge >= 0.3 is 5.97 Å². The average molecular weight is 297 g/mol. The van der Waals surface area contributed by atoms with Crippen LogP contribution in [0.15, 0.2) is 60.7 Å².